The molecule has 2 aromatic rings. The molecular weight excluding hydrogens is 234 g/mol. The smallest absolute Gasteiger partial charge is 0.0522 e. The van der Waals surface area contributed by atoms with E-state index in [0.29, 0.717) is 6.04 Å². The summed E-state index contributed by atoms with van der Waals surface area (Å²) in [5.74, 6) is 0. The van der Waals surface area contributed by atoms with E-state index in [1.54, 1.807) is 0 Å². The molecule has 0 saturated carbocycles. The predicted molar refractivity (Wildman–Crippen MR) is 79.2 cm³/mol. The molecule has 102 valence electrons. The van der Waals surface area contributed by atoms with Crippen LogP contribution in [0.4, 0.5) is 0 Å². The van der Waals surface area contributed by atoms with E-state index in [4.69, 9.17) is 0 Å². The molecule has 0 fully saturated rings. The van der Waals surface area contributed by atoms with Crippen LogP contribution < -0.4 is 5.32 Å². The van der Waals surface area contributed by atoms with Crippen molar-refractivity contribution in [3.8, 4) is 0 Å². The van der Waals surface area contributed by atoms with Gasteiger partial charge >= 0.3 is 0 Å². The van der Waals surface area contributed by atoms with Crippen LogP contribution in [0.3, 0.4) is 0 Å². The van der Waals surface area contributed by atoms with E-state index >= 15 is 0 Å². The fraction of sp³-hybridized carbons (Fsp3) is 0.438. The molecule has 1 aromatic heterocycles. The Morgan fingerprint density at radius 2 is 2.11 bits per heavy atom. The van der Waals surface area contributed by atoms with Gasteiger partial charge in [-0.15, -0.1) is 0 Å². The maximum Gasteiger partial charge on any atom is 0.0522 e. The molecule has 2 rings (SSSR count). The van der Waals surface area contributed by atoms with Crippen molar-refractivity contribution in [2.75, 3.05) is 6.54 Å². The third kappa shape index (κ3) is 3.44. The standard InChI is InChI=1S/C16H23N3/c1-5-17-16(9-14-10-18-19(4)11-14)15-8-12(2)6-7-13(15)3/h6-8,10-11,16-17H,5,9H2,1-4H3. The number of aryl methyl sites for hydroxylation is 3. The third-order valence-electron chi connectivity index (χ3n) is 3.46. The van der Waals surface area contributed by atoms with Crippen molar-refractivity contribution >= 4 is 0 Å². The summed E-state index contributed by atoms with van der Waals surface area (Å²) in [4.78, 5) is 0. The van der Waals surface area contributed by atoms with E-state index in [-0.39, 0.29) is 0 Å². The first-order valence-corrected chi connectivity index (χ1v) is 6.88. The van der Waals surface area contributed by atoms with Crippen LogP contribution in [0.25, 0.3) is 0 Å². The Morgan fingerprint density at radius 1 is 1.32 bits per heavy atom. The molecule has 0 aliphatic carbocycles. The van der Waals surface area contributed by atoms with Crippen LogP contribution in [-0.4, -0.2) is 16.3 Å². The second-order valence-electron chi connectivity index (χ2n) is 5.20. The number of nitrogens with one attached hydrogen (secondary N) is 1. The fourth-order valence-electron chi connectivity index (χ4n) is 2.49. The lowest BCUT2D eigenvalue weighted by Gasteiger charge is -2.20. The number of nitrogens with zero attached hydrogens (tertiary/aromatic N) is 2. The maximum absolute atomic E-state index is 4.25. The van der Waals surface area contributed by atoms with Gasteiger partial charge in [0.15, 0.2) is 0 Å². The summed E-state index contributed by atoms with van der Waals surface area (Å²) in [5.41, 5.74) is 5.33. The number of hydrogen-bond acceptors (Lipinski definition) is 2. The first-order valence-electron chi connectivity index (χ1n) is 6.88. The molecule has 1 N–H and O–H groups in total. The second kappa shape index (κ2) is 6.02. The summed E-state index contributed by atoms with van der Waals surface area (Å²) < 4.78 is 1.86. The van der Waals surface area contributed by atoms with Crippen LogP contribution >= 0.6 is 0 Å². The number of benzene rings is 1. The van der Waals surface area contributed by atoms with Crippen LogP contribution in [-0.2, 0) is 13.5 Å². The molecular formula is C16H23N3. The van der Waals surface area contributed by atoms with Crippen molar-refractivity contribution < 1.29 is 0 Å². The van der Waals surface area contributed by atoms with Gasteiger partial charge in [-0.1, -0.05) is 30.7 Å². The highest BCUT2D eigenvalue weighted by Gasteiger charge is 2.14. The van der Waals surface area contributed by atoms with E-state index in [9.17, 15) is 0 Å². The predicted octanol–water partition coefficient (Wildman–Crippen LogP) is 2.93. The molecule has 1 atom stereocenters. The van der Waals surface area contributed by atoms with Crippen molar-refractivity contribution in [2.45, 2.75) is 33.2 Å². The van der Waals surface area contributed by atoms with Gasteiger partial charge < -0.3 is 5.32 Å². The van der Waals surface area contributed by atoms with Crippen molar-refractivity contribution in [1.82, 2.24) is 15.1 Å². The van der Waals surface area contributed by atoms with Gasteiger partial charge in [-0.05, 0) is 43.5 Å². The lowest BCUT2D eigenvalue weighted by atomic mass is 9.95. The van der Waals surface area contributed by atoms with Crippen LogP contribution in [0.1, 0.15) is 35.2 Å². The molecule has 0 radical (unpaired) electrons. The summed E-state index contributed by atoms with van der Waals surface area (Å²) in [6.45, 7) is 7.46. The Bertz CT molecular complexity index is 543. The van der Waals surface area contributed by atoms with Gasteiger partial charge in [-0.25, -0.2) is 0 Å². The number of hydrogen-bond donors (Lipinski definition) is 1. The van der Waals surface area contributed by atoms with Gasteiger partial charge in [-0.2, -0.15) is 5.10 Å². The minimum atomic E-state index is 0.356. The van der Waals surface area contributed by atoms with E-state index < -0.39 is 0 Å². The van der Waals surface area contributed by atoms with E-state index in [1.165, 1.54) is 22.3 Å². The van der Waals surface area contributed by atoms with Crippen molar-refractivity contribution in [3.63, 3.8) is 0 Å². The lowest BCUT2D eigenvalue weighted by Crippen LogP contribution is -2.23. The molecule has 0 bridgehead atoms. The van der Waals surface area contributed by atoms with Gasteiger partial charge in [-0.3, -0.25) is 4.68 Å². The number of aromatic nitrogens is 2. The Labute approximate surface area is 115 Å². The molecule has 0 amide bonds. The molecule has 1 heterocycles. The monoisotopic (exact) mass is 257 g/mol. The zero-order chi connectivity index (χ0) is 13.8. The molecule has 0 aliphatic rings. The summed E-state index contributed by atoms with van der Waals surface area (Å²) >= 11 is 0. The molecule has 1 aromatic carbocycles. The van der Waals surface area contributed by atoms with Gasteiger partial charge in [0.1, 0.15) is 0 Å². The van der Waals surface area contributed by atoms with Crippen molar-refractivity contribution in [2.24, 2.45) is 7.05 Å². The Morgan fingerprint density at radius 3 is 2.74 bits per heavy atom. The first-order chi connectivity index (χ1) is 9.10. The van der Waals surface area contributed by atoms with E-state index in [1.807, 2.05) is 17.9 Å². The third-order valence-corrected chi connectivity index (χ3v) is 3.46. The molecule has 3 nitrogen and oxygen atoms in total. The molecule has 0 spiro atoms. The first kappa shape index (κ1) is 13.8. The van der Waals surface area contributed by atoms with Gasteiger partial charge in [0.05, 0.1) is 6.20 Å². The Kier molecular flexibility index (Phi) is 4.38. The minimum absolute atomic E-state index is 0.356. The number of likely N-dealkylation sites (N-methyl/N-ethyl adjacent to an activating group) is 1. The summed E-state index contributed by atoms with van der Waals surface area (Å²) in [7, 11) is 1.96. The zero-order valence-electron chi connectivity index (χ0n) is 12.3. The molecule has 0 saturated heterocycles. The van der Waals surface area contributed by atoms with Crippen LogP contribution in [0.5, 0.6) is 0 Å². The van der Waals surface area contributed by atoms with E-state index in [2.05, 4.69) is 55.6 Å². The number of rotatable bonds is 5. The van der Waals surface area contributed by atoms with Gasteiger partial charge in [0, 0.05) is 19.3 Å². The topological polar surface area (TPSA) is 29.9 Å². The molecule has 0 aliphatic heterocycles. The maximum atomic E-state index is 4.25. The highest BCUT2D eigenvalue weighted by Crippen LogP contribution is 2.22. The summed E-state index contributed by atoms with van der Waals surface area (Å²) in [6.07, 6.45) is 5.02. The van der Waals surface area contributed by atoms with Gasteiger partial charge in [0.2, 0.25) is 0 Å². The largest absolute Gasteiger partial charge is 0.310 e. The Balaban J connectivity index is 2.26. The van der Waals surface area contributed by atoms with Crippen LogP contribution in [0, 0.1) is 13.8 Å². The van der Waals surface area contributed by atoms with E-state index in [0.717, 1.165) is 13.0 Å². The SMILES string of the molecule is CCNC(Cc1cnn(C)c1)c1cc(C)ccc1C. The highest BCUT2D eigenvalue weighted by atomic mass is 15.2. The fourth-order valence-corrected chi connectivity index (χ4v) is 2.49. The molecule has 3 heteroatoms. The molecule has 19 heavy (non-hydrogen) atoms. The van der Waals surface area contributed by atoms with Crippen molar-refractivity contribution in [3.05, 3.63) is 52.8 Å². The second-order valence-corrected chi connectivity index (χ2v) is 5.20. The Hall–Kier alpha value is -1.61. The average Bonchev–Trinajstić information content (AvgIpc) is 2.77. The zero-order valence-corrected chi connectivity index (χ0v) is 12.3. The minimum Gasteiger partial charge on any atom is -0.310 e. The van der Waals surface area contributed by atoms with Crippen LogP contribution in [0.15, 0.2) is 30.6 Å². The van der Waals surface area contributed by atoms with Crippen LogP contribution in [0.2, 0.25) is 0 Å². The summed E-state index contributed by atoms with van der Waals surface area (Å²) in [5, 5.41) is 7.84. The van der Waals surface area contributed by atoms with Crippen molar-refractivity contribution in [1.29, 1.82) is 0 Å². The molecule has 1 unspecified atom stereocenters. The normalized spacial score (nSPS) is 12.6. The quantitative estimate of drug-likeness (QED) is 0.892. The van der Waals surface area contributed by atoms with Gasteiger partial charge in [0.25, 0.3) is 0 Å². The average molecular weight is 257 g/mol. The highest BCUT2D eigenvalue weighted by molar-refractivity contribution is 5.34. The summed E-state index contributed by atoms with van der Waals surface area (Å²) in [6, 6.07) is 7.03. The lowest BCUT2D eigenvalue weighted by molar-refractivity contribution is 0.547.